The van der Waals surface area contributed by atoms with E-state index in [1.54, 1.807) is 16.8 Å². The lowest BCUT2D eigenvalue weighted by atomic mass is 10.3. The Labute approximate surface area is 57.9 Å². The van der Waals surface area contributed by atoms with Crippen LogP contribution >= 0.6 is 11.3 Å². The Morgan fingerprint density at radius 3 is 3.11 bits per heavy atom. The first-order valence-electron chi connectivity index (χ1n) is 2.69. The Balaban J connectivity index is 2.65. The molecule has 0 spiro atoms. The first-order valence-corrected chi connectivity index (χ1v) is 3.63. The van der Waals surface area contributed by atoms with Crippen molar-refractivity contribution in [2.45, 2.75) is 13.0 Å². The Kier molecular flexibility index (Phi) is 2.16. The molecule has 0 saturated carbocycles. The third-order valence-electron chi connectivity index (χ3n) is 1.15. The molecule has 1 aromatic rings. The number of hydrogen-bond donors (Lipinski definition) is 2. The normalized spacial score (nSPS) is 13.6. The van der Waals surface area contributed by atoms with Gasteiger partial charge in [-0.3, -0.25) is 11.3 Å². The first-order chi connectivity index (χ1) is 4.34. The smallest absolute Gasteiger partial charge is 0.0795 e. The van der Waals surface area contributed by atoms with Gasteiger partial charge in [0.05, 0.1) is 17.2 Å². The maximum absolute atomic E-state index is 5.18. The number of thiazole rings is 1. The number of hydrogen-bond acceptors (Lipinski definition) is 4. The zero-order valence-corrected chi connectivity index (χ0v) is 5.98. The molecule has 0 fully saturated rings. The molecule has 4 heteroatoms. The Hall–Kier alpha value is -0.450. The molecule has 1 rings (SSSR count). The molecule has 0 aromatic carbocycles. The van der Waals surface area contributed by atoms with E-state index in [1.807, 2.05) is 12.3 Å². The Morgan fingerprint density at radius 2 is 2.67 bits per heavy atom. The maximum Gasteiger partial charge on any atom is 0.0795 e. The first kappa shape index (κ1) is 6.67. The highest BCUT2D eigenvalue weighted by molar-refractivity contribution is 7.07. The minimum atomic E-state index is 0.163. The molecule has 0 radical (unpaired) electrons. The largest absolute Gasteiger partial charge is 0.271 e. The molecule has 9 heavy (non-hydrogen) atoms. The third kappa shape index (κ3) is 1.48. The van der Waals surface area contributed by atoms with Crippen LogP contribution in [0.4, 0.5) is 0 Å². The summed E-state index contributed by atoms with van der Waals surface area (Å²) in [6.07, 6.45) is 0. The van der Waals surface area contributed by atoms with Crippen LogP contribution in [0.5, 0.6) is 0 Å². The van der Waals surface area contributed by atoms with Crippen LogP contribution in [0.25, 0.3) is 0 Å². The minimum absolute atomic E-state index is 0.163. The average molecular weight is 143 g/mol. The Bertz CT molecular complexity index is 161. The molecule has 0 amide bonds. The molecular formula is C5H9N3S. The summed E-state index contributed by atoms with van der Waals surface area (Å²) in [5.41, 5.74) is 5.41. The molecule has 0 aliphatic heterocycles. The fourth-order valence-corrected chi connectivity index (χ4v) is 1.17. The van der Waals surface area contributed by atoms with Crippen LogP contribution in [0.1, 0.15) is 18.7 Å². The van der Waals surface area contributed by atoms with Gasteiger partial charge in [-0.2, -0.15) is 0 Å². The summed E-state index contributed by atoms with van der Waals surface area (Å²) in [6, 6.07) is 0.163. The molecule has 1 unspecified atom stereocenters. The van der Waals surface area contributed by atoms with Crippen molar-refractivity contribution in [2.75, 3.05) is 0 Å². The van der Waals surface area contributed by atoms with Crippen LogP contribution in [0.3, 0.4) is 0 Å². The summed E-state index contributed by atoms with van der Waals surface area (Å²) in [5, 5.41) is 1.98. The molecule has 1 aromatic heterocycles. The summed E-state index contributed by atoms with van der Waals surface area (Å²) in [5.74, 6) is 5.18. The van der Waals surface area contributed by atoms with Crippen molar-refractivity contribution in [1.29, 1.82) is 0 Å². The van der Waals surface area contributed by atoms with Crippen molar-refractivity contribution in [1.82, 2.24) is 10.4 Å². The van der Waals surface area contributed by atoms with Gasteiger partial charge in [0.1, 0.15) is 0 Å². The zero-order valence-electron chi connectivity index (χ0n) is 5.16. The SMILES string of the molecule is CC(NN)c1cscn1. The van der Waals surface area contributed by atoms with Gasteiger partial charge in [0.2, 0.25) is 0 Å². The van der Waals surface area contributed by atoms with Gasteiger partial charge < -0.3 is 0 Å². The molecule has 50 valence electrons. The van der Waals surface area contributed by atoms with E-state index < -0.39 is 0 Å². The summed E-state index contributed by atoms with van der Waals surface area (Å²) in [7, 11) is 0. The van der Waals surface area contributed by atoms with Gasteiger partial charge in [0.25, 0.3) is 0 Å². The van der Waals surface area contributed by atoms with E-state index in [0.29, 0.717) is 0 Å². The standard InChI is InChI=1S/C5H9N3S/c1-4(8-6)5-2-9-3-7-5/h2-4,8H,6H2,1H3. The summed E-state index contributed by atoms with van der Waals surface area (Å²) in [4.78, 5) is 4.06. The third-order valence-corrected chi connectivity index (χ3v) is 1.75. The predicted molar refractivity (Wildman–Crippen MR) is 37.9 cm³/mol. The molecule has 0 saturated heterocycles. The molecule has 3 nitrogen and oxygen atoms in total. The number of rotatable bonds is 2. The van der Waals surface area contributed by atoms with Gasteiger partial charge in [0.15, 0.2) is 0 Å². The minimum Gasteiger partial charge on any atom is -0.271 e. The number of hydrazine groups is 1. The highest BCUT2D eigenvalue weighted by atomic mass is 32.1. The second-order valence-electron chi connectivity index (χ2n) is 1.80. The Morgan fingerprint density at radius 1 is 1.89 bits per heavy atom. The summed E-state index contributed by atoms with van der Waals surface area (Å²) >= 11 is 1.58. The fraction of sp³-hybridized carbons (Fsp3) is 0.400. The highest BCUT2D eigenvalue weighted by Crippen LogP contribution is 2.09. The monoisotopic (exact) mass is 143 g/mol. The van der Waals surface area contributed by atoms with Gasteiger partial charge >= 0.3 is 0 Å². The van der Waals surface area contributed by atoms with Gasteiger partial charge in [-0.05, 0) is 6.92 Å². The molecule has 0 aliphatic rings. The van der Waals surface area contributed by atoms with Crippen molar-refractivity contribution < 1.29 is 0 Å². The van der Waals surface area contributed by atoms with Gasteiger partial charge in [-0.1, -0.05) is 0 Å². The topological polar surface area (TPSA) is 50.9 Å². The van der Waals surface area contributed by atoms with E-state index in [0.717, 1.165) is 5.69 Å². The summed E-state index contributed by atoms with van der Waals surface area (Å²) < 4.78 is 0. The molecule has 0 aliphatic carbocycles. The number of nitrogens with zero attached hydrogens (tertiary/aromatic N) is 1. The molecule has 1 atom stereocenters. The van der Waals surface area contributed by atoms with Crippen molar-refractivity contribution in [2.24, 2.45) is 5.84 Å². The van der Waals surface area contributed by atoms with Crippen LogP contribution in [0.15, 0.2) is 10.9 Å². The maximum atomic E-state index is 5.18. The van der Waals surface area contributed by atoms with Crippen LogP contribution in [-0.2, 0) is 0 Å². The van der Waals surface area contributed by atoms with E-state index in [1.165, 1.54) is 0 Å². The van der Waals surface area contributed by atoms with E-state index in [2.05, 4.69) is 10.4 Å². The van der Waals surface area contributed by atoms with Crippen LogP contribution in [0, 0.1) is 0 Å². The summed E-state index contributed by atoms with van der Waals surface area (Å²) in [6.45, 7) is 1.97. The predicted octanol–water partition coefficient (Wildman–Crippen LogP) is 0.667. The fourth-order valence-electron chi connectivity index (χ4n) is 0.521. The number of aromatic nitrogens is 1. The quantitative estimate of drug-likeness (QED) is 0.472. The number of nitrogens with one attached hydrogen (secondary N) is 1. The lowest BCUT2D eigenvalue weighted by Crippen LogP contribution is -2.25. The molecule has 1 heterocycles. The van der Waals surface area contributed by atoms with Crippen LogP contribution in [-0.4, -0.2) is 4.98 Å². The van der Waals surface area contributed by atoms with E-state index in [9.17, 15) is 0 Å². The molecule has 3 N–H and O–H groups in total. The second-order valence-corrected chi connectivity index (χ2v) is 2.52. The van der Waals surface area contributed by atoms with Crippen molar-refractivity contribution in [3.05, 3.63) is 16.6 Å². The van der Waals surface area contributed by atoms with Crippen LogP contribution in [0.2, 0.25) is 0 Å². The van der Waals surface area contributed by atoms with E-state index >= 15 is 0 Å². The van der Waals surface area contributed by atoms with Crippen LogP contribution < -0.4 is 11.3 Å². The zero-order chi connectivity index (χ0) is 6.69. The van der Waals surface area contributed by atoms with Gasteiger partial charge in [-0.15, -0.1) is 11.3 Å². The van der Waals surface area contributed by atoms with Crippen molar-refractivity contribution in [3.8, 4) is 0 Å². The van der Waals surface area contributed by atoms with Crippen molar-refractivity contribution >= 4 is 11.3 Å². The molecular weight excluding hydrogens is 134 g/mol. The van der Waals surface area contributed by atoms with Gasteiger partial charge in [-0.25, -0.2) is 4.98 Å². The highest BCUT2D eigenvalue weighted by Gasteiger charge is 2.02. The van der Waals surface area contributed by atoms with Crippen molar-refractivity contribution in [3.63, 3.8) is 0 Å². The molecule has 0 bridgehead atoms. The number of nitrogens with two attached hydrogens (primary N) is 1. The van der Waals surface area contributed by atoms with Gasteiger partial charge in [0, 0.05) is 5.38 Å². The average Bonchev–Trinajstić information content (AvgIpc) is 2.37. The van der Waals surface area contributed by atoms with E-state index in [-0.39, 0.29) is 6.04 Å². The van der Waals surface area contributed by atoms with E-state index in [4.69, 9.17) is 5.84 Å². The second kappa shape index (κ2) is 2.91. The lowest BCUT2D eigenvalue weighted by molar-refractivity contribution is 0.590. The lowest BCUT2D eigenvalue weighted by Gasteiger charge is -2.03.